The Kier molecular flexibility index (Phi) is 5.88. The number of amides is 1. The second-order valence-electron chi connectivity index (χ2n) is 5.17. The third-order valence-electron chi connectivity index (χ3n) is 2.87. The molecule has 1 heterocycles. The molecule has 2 rings (SSSR count). The molecule has 8 heteroatoms. The fourth-order valence-electron chi connectivity index (χ4n) is 1.72. The maximum absolute atomic E-state index is 13.3. The van der Waals surface area contributed by atoms with Crippen LogP contribution in [0.25, 0.3) is 5.69 Å². The summed E-state index contributed by atoms with van der Waals surface area (Å²) in [5.41, 5.74) is 0.521. The number of tetrazole rings is 1. The van der Waals surface area contributed by atoms with Crippen LogP contribution in [0.15, 0.2) is 29.4 Å². The van der Waals surface area contributed by atoms with Crippen molar-refractivity contribution in [1.29, 1.82) is 0 Å². The third-order valence-corrected chi connectivity index (χ3v) is 3.79. The van der Waals surface area contributed by atoms with Crippen LogP contribution in [-0.2, 0) is 4.79 Å². The molecule has 0 spiro atoms. The first-order chi connectivity index (χ1) is 10.6. The van der Waals surface area contributed by atoms with Gasteiger partial charge in [-0.15, -0.1) is 5.10 Å². The summed E-state index contributed by atoms with van der Waals surface area (Å²) in [6.45, 7) is 4.87. The molecule has 0 saturated carbocycles. The average Bonchev–Trinajstić information content (AvgIpc) is 2.93. The number of aromatic nitrogens is 4. The van der Waals surface area contributed by atoms with Gasteiger partial charge in [-0.1, -0.05) is 31.7 Å². The number of rotatable bonds is 7. The highest BCUT2D eigenvalue weighted by molar-refractivity contribution is 7.99. The number of thioether (sulfide) groups is 1. The summed E-state index contributed by atoms with van der Waals surface area (Å²) in [5.74, 6) is 0.330. The van der Waals surface area contributed by atoms with E-state index < -0.39 is 0 Å². The fraction of sp³-hybridized carbons (Fsp3) is 0.429. The predicted molar refractivity (Wildman–Crippen MR) is 82.3 cm³/mol. The first-order valence-electron chi connectivity index (χ1n) is 7.00. The van der Waals surface area contributed by atoms with Crippen molar-refractivity contribution in [3.8, 4) is 5.69 Å². The minimum absolute atomic E-state index is 0.0700. The van der Waals surface area contributed by atoms with Gasteiger partial charge in [-0.3, -0.25) is 4.79 Å². The number of carbonyl (C=O) groups excluding carboxylic acids is 1. The summed E-state index contributed by atoms with van der Waals surface area (Å²) < 4.78 is 14.7. The van der Waals surface area contributed by atoms with E-state index in [1.54, 1.807) is 12.1 Å². The molecular weight excluding hydrogens is 305 g/mol. The van der Waals surface area contributed by atoms with Crippen LogP contribution in [0.3, 0.4) is 0 Å². The summed E-state index contributed by atoms with van der Waals surface area (Å²) in [7, 11) is 0. The number of nitrogens with zero attached hydrogens (tertiary/aromatic N) is 4. The Morgan fingerprint density at radius 3 is 3.00 bits per heavy atom. The van der Waals surface area contributed by atoms with E-state index >= 15 is 0 Å². The molecule has 0 fully saturated rings. The van der Waals surface area contributed by atoms with E-state index in [9.17, 15) is 9.18 Å². The number of carbonyl (C=O) groups is 1. The molecule has 1 aromatic heterocycles. The maximum Gasteiger partial charge on any atom is 0.230 e. The zero-order valence-corrected chi connectivity index (χ0v) is 13.3. The Balaban J connectivity index is 1.92. The minimum atomic E-state index is -0.365. The smallest absolute Gasteiger partial charge is 0.230 e. The summed E-state index contributed by atoms with van der Waals surface area (Å²) in [4.78, 5) is 11.8. The molecule has 0 aliphatic heterocycles. The van der Waals surface area contributed by atoms with Crippen molar-refractivity contribution in [2.24, 2.45) is 5.92 Å². The minimum Gasteiger partial charge on any atom is -0.355 e. The van der Waals surface area contributed by atoms with Gasteiger partial charge in [0.15, 0.2) is 0 Å². The molecule has 0 atom stereocenters. The van der Waals surface area contributed by atoms with Crippen molar-refractivity contribution in [3.05, 3.63) is 30.1 Å². The maximum atomic E-state index is 13.3. The molecule has 0 bridgehead atoms. The molecule has 6 nitrogen and oxygen atoms in total. The van der Waals surface area contributed by atoms with Gasteiger partial charge in [0, 0.05) is 6.54 Å². The number of hydrogen-bond acceptors (Lipinski definition) is 5. The van der Waals surface area contributed by atoms with Crippen LogP contribution in [0.4, 0.5) is 4.39 Å². The van der Waals surface area contributed by atoms with Crippen molar-refractivity contribution >= 4 is 17.7 Å². The molecule has 0 aliphatic carbocycles. The van der Waals surface area contributed by atoms with Crippen molar-refractivity contribution in [1.82, 2.24) is 25.5 Å². The Morgan fingerprint density at radius 1 is 1.45 bits per heavy atom. The predicted octanol–water partition coefficient (Wildman–Crippen LogP) is 2.06. The molecule has 0 unspecified atom stereocenters. The SMILES string of the molecule is CC(C)CCNC(=O)CSc1nnnn1-c1cccc(F)c1. The highest BCUT2D eigenvalue weighted by Crippen LogP contribution is 2.18. The van der Waals surface area contributed by atoms with E-state index in [1.807, 2.05) is 0 Å². The van der Waals surface area contributed by atoms with Gasteiger partial charge < -0.3 is 5.32 Å². The third kappa shape index (κ3) is 4.80. The summed E-state index contributed by atoms with van der Waals surface area (Å²) in [6.07, 6.45) is 0.942. The lowest BCUT2D eigenvalue weighted by Gasteiger charge is -2.07. The first kappa shape index (κ1) is 16.4. The molecule has 1 amide bonds. The van der Waals surface area contributed by atoms with Crippen molar-refractivity contribution in [2.75, 3.05) is 12.3 Å². The van der Waals surface area contributed by atoms with Crippen LogP contribution in [0.1, 0.15) is 20.3 Å². The lowest BCUT2D eigenvalue weighted by molar-refractivity contribution is -0.118. The number of nitrogens with one attached hydrogen (secondary N) is 1. The summed E-state index contributed by atoms with van der Waals surface area (Å²) in [6, 6.07) is 5.97. The number of hydrogen-bond donors (Lipinski definition) is 1. The van der Waals surface area contributed by atoms with Crippen molar-refractivity contribution in [3.63, 3.8) is 0 Å². The number of halogens is 1. The van der Waals surface area contributed by atoms with Gasteiger partial charge in [0.2, 0.25) is 11.1 Å². The molecule has 1 aromatic carbocycles. The van der Waals surface area contributed by atoms with Gasteiger partial charge >= 0.3 is 0 Å². The lowest BCUT2D eigenvalue weighted by atomic mass is 10.1. The second kappa shape index (κ2) is 7.88. The van der Waals surface area contributed by atoms with E-state index in [-0.39, 0.29) is 17.5 Å². The van der Waals surface area contributed by atoms with Crippen LogP contribution in [-0.4, -0.2) is 38.4 Å². The molecule has 0 saturated heterocycles. The van der Waals surface area contributed by atoms with Gasteiger partial charge in [0.05, 0.1) is 11.4 Å². The van der Waals surface area contributed by atoms with Crippen LogP contribution in [0, 0.1) is 11.7 Å². The highest BCUT2D eigenvalue weighted by atomic mass is 32.2. The van der Waals surface area contributed by atoms with E-state index in [4.69, 9.17) is 0 Å². The van der Waals surface area contributed by atoms with E-state index in [0.717, 1.165) is 6.42 Å². The van der Waals surface area contributed by atoms with E-state index in [2.05, 4.69) is 34.7 Å². The molecule has 0 radical (unpaired) electrons. The Morgan fingerprint density at radius 2 is 2.27 bits per heavy atom. The number of benzene rings is 1. The van der Waals surface area contributed by atoms with Crippen molar-refractivity contribution < 1.29 is 9.18 Å². The molecule has 118 valence electrons. The van der Waals surface area contributed by atoms with Gasteiger partial charge in [0.25, 0.3) is 0 Å². The topological polar surface area (TPSA) is 72.7 Å². The van der Waals surface area contributed by atoms with Gasteiger partial charge in [-0.05, 0) is 41.0 Å². The molecule has 0 aliphatic rings. The second-order valence-corrected chi connectivity index (χ2v) is 6.12. The largest absolute Gasteiger partial charge is 0.355 e. The van der Waals surface area contributed by atoms with Crippen LogP contribution < -0.4 is 5.32 Å². The zero-order chi connectivity index (χ0) is 15.9. The summed E-state index contributed by atoms with van der Waals surface area (Å²) in [5, 5.41) is 14.6. The van der Waals surface area contributed by atoms with E-state index in [1.165, 1.54) is 28.6 Å². The normalized spacial score (nSPS) is 10.9. The standard InChI is InChI=1S/C14H18FN5OS/c1-10(2)6-7-16-13(21)9-22-14-17-18-19-20(14)12-5-3-4-11(15)8-12/h3-5,8,10H,6-7,9H2,1-2H3,(H,16,21). The molecule has 22 heavy (non-hydrogen) atoms. The van der Waals surface area contributed by atoms with Gasteiger partial charge in [0.1, 0.15) is 5.82 Å². The summed E-state index contributed by atoms with van der Waals surface area (Å²) >= 11 is 1.21. The fourth-order valence-corrected chi connectivity index (χ4v) is 2.44. The molecular formula is C14H18FN5OS. The highest BCUT2D eigenvalue weighted by Gasteiger charge is 2.11. The zero-order valence-electron chi connectivity index (χ0n) is 12.5. The van der Waals surface area contributed by atoms with Crippen LogP contribution >= 0.6 is 11.8 Å². The van der Waals surface area contributed by atoms with Gasteiger partial charge in [-0.2, -0.15) is 4.68 Å². The lowest BCUT2D eigenvalue weighted by Crippen LogP contribution is -2.27. The molecule has 2 aromatic rings. The van der Waals surface area contributed by atoms with Crippen LogP contribution in [0.5, 0.6) is 0 Å². The quantitative estimate of drug-likeness (QED) is 0.790. The average molecular weight is 323 g/mol. The van der Waals surface area contributed by atoms with Crippen molar-refractivity contribution in [2.45, 2.75) is 25.4 Å². The first-order valence-corrected chi connectivity index (χ1v) is 7.98. The Hall–Kier alpha value is -1.96. The molecule has 1 N–H and O–H groups in total. The monoisotopic (exact) mass is 323 g/mol. The Labute approximate surface area is 132 Å². The van der Waals surface area contributed by atoms with Crippen LogP contribution in [0.2, 0.25) is 0 Å². The van der Waals surface area contributed by atoms with E-state index in [0.29, 0.717) is 23.3 Å². The Bertz CT molecular complexity index is 631. The van der Waals surface area contributed by atoms with Gasteiger partial charge in [-0.25, -0.2) is 4.39 Å².